The van der Waals surface area contributed by atoms with Crippen LogP contribution in [0.5, 0.6) is 0 Å². The van der Waals surface area contributed by atoms with E-state index in [9.17, 15) is 4.39 Å². The monoisotopic (exact) mass is 243 g/mol. The van der Waals surface area contributed by atoms with E-state index in [4.69, 9.17) is 5.73 Å². The first-order valence-electron chi connectivity index (χ1n) is 6.08. The second-order valence-electron chi connectivity index (χ2n) is 4.85. The van der Waals surface area contributed by atoms with Gasteiger partial charge in [-0.3, -0.25) is 0 Å². The molecule has 2 aromatic rings. The minimum absolute atomic E-state index is 0.235. The van der Waals surface area contributed by atoms with Gasteiger partial charge in [0, 0.05) is 5.56 Å². The molecule has 0 aliphatic carbocycles. The topological polar surface area (TPSA) is 26.0 Å². The van der Waals surface area contributed by atoms with Gasteiger partial charge in [0.05, 0.1) is 6.04 Å². The molecule has 1 atom stereocenters. The molecule has 2 heteroatoms. The number of halogens is 1. The summed E-state index contributed by atoms with van der Waals surface area (Å²) in [5.41, 5.74) is 10.9. The Morgan fingerprint density at radius 1 is 0.944 bits per heavy atom. The zero-order chi connectivity index (χ0) is 13.3. The molecule has 2 aromatic carbocycles. The lowest BCUT2D eigenvalue weighted by Gasteiger charge is -2.15. The second-order valence-corrected chi connectivity index (χ2v) is 4.85. The van der Waals surface area contributed by atoms with Gasteiger partial charge in [-0.05, 0) is 49.1 Å². The maximum absolute atomic E-state index is 13.9. The van der Waals surface area contributed by atoms with Gasteiger partial charge in [0.25, 0.3) is 0 Å². The zero-order valence-corrected chi connectivity index (χ0v) is 11.0. The lowest BCUT2D eigenvalue weighted by molar-refractivity contribution is 0.598. The van der Waals surface area contributed by atoms with Gasteiger partial charge < -0.3 is 5.73 Å². The third-order valence-electron chi connectivity index (χ3n) is 3.38. The first-order chi connectivity index (χ1) is 8.49. The van der Waals surface area contributed by atoms with Gasteiger partial charge in [-0.15, -0.1) is 0 Å². The van der Waals surface area contributed by atoms with Crippen molar-refractivity contribution >= 4 is 0 Å². The van der Waals surface area contributed by atoms with Crippen LogP contribution in [0.15, 0.2) is 36.4 Å². The molecule has 0 aliphatic heterocycles. The third-order valence-corrected chi connectivity index (χ3v) is 3.38. The highest BCUT2D eigenvalue weighted by Gasteiger charge is 2.14. The Kier molecular flexibility index (Phi) is 3.48. The van der Waals surface area contributed by atoms with Gasteiger partial charge >= 0.3 is 0 Å². The molecule has 1 unspecified atom stereocenters. The summed E-state index contributed by atoms with van der Waals surface area (Å²) in [4.78, 5) is 0. The van der Waals surface area contributed by atoms with Crippen molar-refractivity contribution in [1.29, 1.82) is 0 Å². The Labute approximate surface area is 107 Å². The molecule has 18 heavy (non-hydrogen) atoms. The molecular weight excluding hydrogens is 225 g/mol. The van der Waals surface area contributed by atoms with Crippen LogP contribution < -0.4 is 5.73 Å². The fourth-order valence-electron chi connectivity index (χ4n) is 2.02. The van der Waals surface area contributed by atoms with Gasteiger partial charge in [0.1, 0.15) is 5.82 Å². The number of rotatable bonds is 2. The van der Waals surface area contributed by atoms with E-state index in [2.05, 4.69) is 6.92 Å². The smallest absolute Gasteiger partial charge is 0.128 e. The summed E-state index contributed by atoms with van der Waals surface area (Å²) < 4.78 is 13.9. The van der Waals surface area contributed by atoms with Gasteiger partial charge in [-0.25, -0.2) is 4.39 Å². The van der Waals surface area contributed by atoms with E-state index in [1.54, 1.807) is 6.07 Å². The van der Waals surface area contributed by atoms with Crippen molar-refractivity contribution < 1.29 is 4.39 Å². The van der Waals surface area contributed by atoms with Crippen molar-refractivity contribution in [3.63, 3.8) is 0 Å². The Morgan fingerprint density at radius 3 is 2.28 bits per heavy atom. The van der Waals surface area contributed by atoms with E-state index < -0.39 is 6.04 Å². The largest absolute Gasteiger partial charge is 0.320 e. The molecule has 2 N–H and O–H groups in total. The Balaban J connectivity index is 2.41. The maximum atomic E-state index is 13.9. The standard InChI is InChI=1S/C16H18FN/c1-10-4-7-14(15(17)8-10)16(18)13-6-5-11(2)12(3)9-13/h4-9,16H,18H2,1-3H3. The summed E-state index contributed by atoms with van der Waals surface area (Å²) in [6.45, 7) is 5.96. The first kappa shape index (κ1) is 12.8. The second kappa shape index (κ2) is 4.91. The van der Waals surface area contributed by atoms with Crippen LogP contribution in [0, 0.1) is 26.6 Å². The maximum Gasteiger partial charge on any atom is 0.128 e. The van der Waals surface area contributed by atoms with Crippen molar-refractivity contribution in [2.75, 3.05) is 0 Å². The molecular formula is C16H18FN. The van der Waals surface area contributed by atoms with E-state index in [1.165, 1.54) is 17.2 Å². The molecule has 0 saturated heterocycles. The summed E-state index contributed by atoms with van der Waals surface area (Å²) in [6.07, 6.45) is 0. The SMILES string of the molecule is Cc1ccc(C(N)c2ccc(C)c(C)c2)c(F)c1. The number of nitrogens with two attached hydrogens (primary N) is 1. The molecule has 94 valence electrons. The van der Waals surface area contributed by atoms with Crippen molar-refractivity contribution in [1.82, 2.24) is 0 Å². The van der Waals surface area contributed by atoms with Crippen LogP contribution in [0.4, 0.5) is 4.39 Å². The van der Waals surface area contributed by atoms with E-state index in [1.807, 2.05) is 38.1 Å². The summed E-state index contributed by atoms with van der Waals surface area (Å²) in [7, 11) is 0. The minimum Gasteiger partial charge on any atom is -0.320 e. The van der Waals surface area contributed by atoms with Gasteiger partial charge in [-0.1, -0.05) is 30.3 Å². The Bertz CT molecular complexity index is 575. The first-order valence-corrected chi connectivity index (χ1v) is 6.08. The molecule has 1 nitrogen and oxygen atoms in total. The Hall–Kier alpha value is -1.67. The van der Waals surface area contributed by atoms with Crippen LogP contribution in [-0.2, 0) is 0 Å². The predicted octanol–water partition coefficient (Wildman–Crippen LogP) is 3.80. The van der Waals surface area contributed by atoms with Crippen molar-refractivity contribution in [2.24, 2.45) is 5.73 Å². The van der Waals surface area contributed by atoms with Crippen LogP contribution in [0.25, 0.3) is 0 Å². The summed E-state index contributed by atoms with van der Waals surface area (Å²) >= 11 is 0. The van der Waals surface area contributed by atoms with Crippen molar-refractivity contribution in [3.8, 4) is 0 Å². The van der Waals surface area contributed by atoms with Gasteiger partial charge in [0.2, 0.25) is 0 Å². The quantitative estimate of drug-likeness (QED) is 0.853. The van der Waals surface area contributed by atoms with Crippen LogP contribution in [0.1, 0.15) is 33.9 Å². The number of hydrogen-bond acceptors (Lipinski definition) is 1. The van der Waals surface area contributed by atoms with Crippen LogP contribution in [0.3, 0.4) is 0 Å². The highest BCUT2D eigenvalue weighted by atomic mass is 19.1. The van der Waals surface area contributed by atoms with Crippen LogP contribution >= 0.6 is 0 Å². The fraction of sp³-hybridized carbons (Fsp3) is 0.250. The lowest BCUT2D eigenvalue weighted by Crippen LogP contribution is -2.14. The molecule has 0 fully saturated rings. The normalized spacial score (nSPS) is 12.5. The third kappa shape index (κ3) is 2.44. The molecule has 0 bridgehead atoms. The van der Waals surface area contributed by atoms with E-state index in [0.717, 1.165) is 11.1 Å². The average Bonchev–Trinajstić information content (AvgIpc) is 2.32. The zero-order valence-electron chi connectivity index (χ0n) is 11.0. The lowest BCUT2D eigenvalue weighted by atomic mass is 9.95. The van der Waals surface area contributed by atoms with Crippen LogP contribution in [0.2, 0.25) is 0 Å². The summed E-state index contributed by atoms with van der Waals surface area (Å²) in [5, 5.41) is 0. The molecule has 0 amide bonds. The van der Waals surface area contributed by atoms with Gasteiger partial charge in [0.15, 0.2) is 0 Å². The van der Waals surface area contributed by atoms with Crippen molar-refractivity contribution in [2.45, 2.75) is 26.8 Å². The molecule has 0 aromatic heterocycles. The summed E-state index contributed by atoms with van der Waals surface area (Å²) in [5.74, 6) is -0.235. The van der Waals surface area contributed by atoms with Crippen LogP contribution in [-0.4, -0.2) is 0 Å². The molecule has 0 radical (unpaired) electrons. The van der Waals surface area contributed by atoms with E-state index >= 15 is 0 Å². The predicted molar refractivity (Wildman–Crippen MR) is 73.1 cm³/mol. The van der Waals surface area contributed by atoms with E-state index in [-0.39, 0.29) is 5.82 Å². The fourth-order valence-corrected chi connectivity index (χ4v) is 2.02. The molecule has 0 saturated carbocycles. The summed E-state index contributed by atoms with van der Waals surface area (Å²) in [6, 6.07) is 10.8. The average molecular weight is 243 g/mol. The number of benzene rings is 2. The van der Waals surface area contributed by atoms with Crippen molar-refractivity contribution in [3.05, 3.63) is 70.0 Å². The number of hydrogen-bond donors (Lipinski definition) is 1. The highest BCUT2D eigenvalue weighted by molar-refractivity contribution is 5.38. The number of aryl methyl sites for hydroxylation is 3. The minimum atomic E-state index is -0.412. The Morgan fingerprint density at radius 2 is 1.67 bits per heavy atom. The highest BCUT2D eigenvalue weighted by Crippen LogP contribution is 2.24. The molecule has 0 aliphatic rings. The van der Waals surface area contributed by atoms with Gasteiger partial charge in [-0.2, -0.15) is 0 Å². The molecule has 0 heterocycles. The molecule has 0 spiro atoms. The molecule has 2 rings (SSSR count). The van der Waals surface area contributed by atoms with E-state index in [0.29, 0.717) is 5.56 Å².